The lowest BCUT2D eigenvalue weighted by atomic mass is 10.1. The van der Waals surface area contributed by atoms with Crippen LogP contribution in [0, 0.1) is 11.3 Å². The van der Waals surface area contributed by atoms with Gasteiger partial charge in [-0.2, -0.15) is 9.66 Å². The second-order valence-corrected chi connectivity index (χ2v) is 6.27. The van der Waals surface area contributed by atoms with Crippen LogP contribution in [0.4, 0.5) is 0 Å². The average molecular weight is 234 g/mol. The lowest BCUT2D eigenvalue weighted by Crippen LogP contribution is -2.19. The quantitative estimate of drug-likeness (QED) is 0.738. The number of hydrogen-bond donors (Lipinski definition) is 0. The van der Waals surface area contributed by atoms with Gasteiger partial charge in [0.2, 0.25) is 0 Å². The summed E-state index contributed by atoms with van der Waals surface area (Å²) in [5.41, 5.74) is 1.36. The Hall–Kier alpha value is -1.47. The van der Waals surface area contributed by atoms with Crippen molar-refractivity contribution < 1.29 is 4.21 Å². The first-order valence-corrected chi connectivity index (χ1v) is 6.00. The lowest BCUT2D eigenvalue weighted by Gasteiger charge is -2.12. The van der Waals surface area contributed by atoms with Gasteiger partial charge >= 0.3 is 0 Å². The highest BCUT2D eigenvalue weighted by molar-refractivity contribution is 7.85. The van der Waals surface area contributed by atoms with Gasteiger partial charge in [-0.3, -0.25) is 0 Å². The normalized spacial score (nSPS) is 13.6. The Balaban J connectivity index is 2.85. The minimum Gasteiger partial charge on any atom is -0.234 e. The van der Waals surface area contributed by atoms with Crippen LogP contribution in [-0.4, -0.2) is 15.2 Å². The van der Waals surface area contributed by atoms with E-state index < -0.39 is 11.0 Å². The molecule has 0 N–H and O–H groups in total. The molecule has 1 atom stereocenters. The van der Waals surface area contributed by atoms with E-state index in [1.165, 1.54) is 0 Å². The molecule has 1 aromatic carbocycles. The highest BCUT2D eigenvalue weighted by Gasteiger charge is 2.17. The van der Waals surface area contributed by atoms with Crippen molar-refractivity contribution in [2.75, 3.05) is 0 Å². The number of nitriles is 1. The Kier molecular flexibility index (Phi) is 3.97. The molecule has 1 aromatic rings. The van der Waals surface area contributed by atoms with Crippen molar-refractivity contribution in [2.45, 2.75) is 25.5 Å². The predicted octanol–water partition coefficient (Wildman–Crippen LogP) is 2.44. The van der Waals surface area contributed by atoms with Crippen LogP contribution in [0.1, 0.15) is 31.9 Å². The molecule has 0 saturated heterocycles. The summed E-state index contributed by atoms with van der Waals surface area (Å²) in [6.45, 7) is 5.60. The first-order valence-electron chi connectivity index (χ1n) is 4.90. The van der Waals surface area contributed by atoms with Crippen LogP contribution in [0.5, 0.6) is 0 Å². The van der Waals surface area contributed by atoms with Crippen molar-refractivity contribution in [1.82, 2.24) is 0 Å². The topological polar surface area (TPSA) is 53.2 Å². The molecule has 0 radical (unpaired) electrons. The maximum Gasteiger partial charge on any atom is 0.144 e. The first kappa shape index (κ1) is 12.6. The zero-order valence-corrected chi connectivity index (χ0v) is 10.4. The summed E-state index contributed by atoms with van der Waals surface area (Å²) in [6.07, 6.45) is 1.54. The number of rotatable bonds is 2. The van der Waals surface area contributed by atoms with E-state index in [9.17, 15) is 4.21 Å². The minimum absolute atomic E-state index is 0.358. The van der Waals surface area contributed by atoms with Crippen molar-refractivity contribution >= 4 is 17.2 Å². The van der Waals surface area contributed by atoms with Gasteiger partial charge in [-0.15, -0.1) is 0 Å². The Morgan fingerprint density at radius 2 is 2.12 bits per heavy atom. The Morgan fingerprint density at radius 3 is 2.69 bits per heavy atom. The molecule has 0 aromatic heterocycles. The number of hydrogen-bond acceptors (Lipinski definition) is 2. The van der Waals surface area contributed by atoms with Crippen molar-refractivity contribution in [3.63, 3.8) is 0 Å². The monoisotopic (exact) mass is 234 g/mol. The second-order valence-electron chi connectivity index (χ2n) is 4.33. The molecule has 0 aliphatic heterocycles. The van der Waals surface area contributed by atoms with Crippen LogP contribution >= 0.6 is 0 Å². The SMILES string of the molecule is CC(C)(C)[S@](=O)N=Cc1cccc(C#N)c1. The van der Waals surface area contributed by atoms with E-state index in [2.05, 4.69) is 4.40 Å². The summed E-state index contributed by atoms with van der Waals surface area (Å²) >= 11 is 0. The van der Waals surface area contributed by atoms with Crippen molar-refractivity contribution in [1.29, 1.82) is 5.26 Å². The van der Waals surface area contributed by atoms with Crippen molar-refractivity contribution in [3.05, 3.63) is 35.4 Å². The third kappa shape index (κ3) is 3.59. The highest BCUT2D eigenvalue weighted by atomic mass is 32.2. The van der Waals surface area contributed by atoms with Crippen LogP contribution in [0.3, 0.4) is 0 Å². The molecule has 0 amide bonds. The van der Waals surface area contributed by atoms with Gasteiger partial charge in [0, 0.05) is 6.21 Å². The van der Waals surface area contributed by atoms with Crippen LogP contribution < -0.4 is 0 Å². The summed E-state index contributed by atoms with van der Waals surface area (Å²) in [7, 11) is -1.26. The summed E-state index contributed by atoms with van der Waals surface area (Å²) in [4.78, 5) is 0. The molecule has 3 nitrogen and oxygen atoms in total. The van der Waals surface area contributed by atoms with Crippen LogP contribution in [0.25, 0.3) is 0 Å². The lowest BCUT2D eigenvalue weighted by molar-refractivity contribution is 0.651. The van der Waals surface area contributed by atoms with E-state index in [0.29, 0.717) is 5.56 Å². The maximum atomic E-state index is 11.6. The molecule has 84 valence electrons. The largest absolute Gasteiger partial charge is 0.234 e. The van der Waals surface area contributed by atoms with E-state index in [0.717, 1.165) is 5.56 Å². The first-order chi connectivity index (χ1) is 7.43. The highest BCUT2D eigenvalue weighted by Crippen LogP contribution is 2.12. The zero-order chi connectivity index (χ0) is 12.2. The number of nitrogens with zero attached hydrogens (tertiary/aromatic N) is 2. The Labute approximate surface area is 98.4 Å². The summed E-state index contributed by atoms with van der Waals surface area (Å²) in [6, 6.07) is 9.08. The van der Waals surface area contributed by atoms with E-state index in [1.54, 1.807) is 24.4 Å². The summed E-state index contributed by atoms with van der Waals surface area (Å²) < 4.78 is 15.3. The van der Waals surface area contributed by atoms with Crippen LogP contribution in [0.2, 0.25) is 0 Å². The molecule has 16 heavy (non-hydrogen) atoms. The van der Waals surface area contributed by atoms with Gasteiger partial charge in [-0.05, 0) is 38.5 Å². The molecule has 0 heterocycles. The van der Waals surface area contributed by atoms with Gasteiger partial charge in [0.05, 0.1) is 16.4 Å². The molecule has 0 fully saturated rings. The molecule has 0 spiro atoms. The Bertz CT molecular complexity index is 467. The summed E-state index contributed by atoms with van der Waals surface area (Å²) in [5.74, 6) is 0. The number of benzene rings is 1. The van der Waals surface area contributed by atoms with Gasteiger partial charge in [0.15, 0.2) is 0 Å². The summed E-state index contributed by atoms with van der Waals surface area (Å²) in [5, 5.41) is 8.71. The fourth-order valence-corrected chi connectivity index (χ4v) is 1.49. The zero-order valence-electron chi connectivity index (χ0n) is 9.60. The van der Waals surface area contributed by atoms with E-state index in [1.807, 2.05) is 32.9 Å². The van der Waals surface area contributed by atoms with E-state index >= 15 is 0 Å². The van der Waals surface area contributed by atoms with Crippen LogP contribution in [-0.2, 0) is 11.0 Å². The van der Waals surface area contributed by atoms with Crippen molar-refractivity contribution in [3.8, 4) is 6.07 Å². The van der Waals surface area contributed by atoms with Gasteiger partial charge in [0.25, 0.3) is 0 Å². The molecular weight excluding hydrogens is 220 g/mol. The van der Waals surface area contributed by atoms with Crippen molar-refractivity contribution in [2.24, 2.45) is 4.40 Å². The van der Waals surface area contributed by atoms with Gasteiger partial charge in [-0.25, -0.2) is 4.21 Å². The predicted molar refractivity (Wildman–Crippen MR) is 66.6 cm³/mol. The van der Waals surface area contributed by atoms with E-state index in [4.69, 9.17) is 5.26 Å². The molecule has 1 rings (SSSR count). The fraction of sp³-hybridized carbons (Fsp3) is 0.333. The molecule has 4 heteroatoms. The standard InChI is InChI=1S/C12H14N2OS/c1-12(2,3)16(15)14-9-11-6-4-5-10(7-11)8-13/h4-7,9H,1-3H3/t16-/m0/s1. The second kappa shape index (κ2) is 5.04. The van der Waals surface area contributed by atoms with Gasteiger partial charge in [0.1, 0.15) is 11.0 Å². The maximum absolute atomic E-state index is 11.6. The smallest absolute Gasteiger partial charge is 0.144 e. The van der Waals surface area contributed by atoms with Gasteiger partial charge in [-0.1, -0.05) is 12.1 Å². The van der Waals surface area contributed by atoms with Crippen LogP contribution in [0.15, 0.2) is 28.7 Å². The fourth-order valence-electron chi connectivity index (χ4n) is 0.955. The molecule has 0 unspecified atom stereocenters. The minimum atomic E-state index is -1.26. The molecule has 0 aliphatic rings. The molecule has 0 saturated carbocycles. The van der Waals surface area contributed by atoms with Gasteiger partial charge < -0.3 is 0 Å². The third-order valence-corrected chi connectivity index (χ3v) is 3.18. The molecule has 0 aliphatic carbocycles. The third-order valence-electron chi connectivity index (χ3n) is 1.84. The molecular formula is C12H14N2OS. The molecule has 0 bridgehead atoms. The van der Waals surface area contributed by atoms with E-state index in [-0.39, 0.29) is 4.75 Å². The average Bonchev–Trinajstić information content (AvgIpc) is 2.25. The Morgan fingerprint density at radius 1 is 1.44 bits per heavy atom.